The van der Waals surface area contributed by atoms with E-state index in [1.54, 1.807) is 13.0 Å². The molecule has 1 heterocycles. The van der Waals surface area contributed by atoms with Crippen LogP contribution >= 0.6 is 0 Å². The molecule has 0 saturated heterocycles. The van der Waals surface area contributed by atoms with Crippen LogP contribution in [0.1, 0.15) is 5.69 Å². The standard InChI is InChI=1S/C6H8N2O2S/c1-5-3-4-7-6(8-5)11(2,9)10/h3-4H,1-2H3. The predicted octanol–water partition coefficient (Wildman–Crippen LogP) is 0.189. The molecule has 0 fully saturated rings. The number of rotatable bonds is 1. The van der Waals surface area contributed by atoms with Gasteiger partial charge in [0.25, 0.3) is 0 Å². The first-order valence-corrected chi connectivity index (χ1v) is 4.89. The highest BCUT2D eigenvalue weighted by atomic mass is 32.2. The molecule has 0 atom stereocenters. The topological polar surface area (TPSA) is 59.9 Å². The lowest BCUT2D eigenvalue weighted by atomic mass is 10.5. The first-order chi connectivity index (χ1) is 5.00. The van der Waals surface area contributed by atoms with Gasteiger partial charge in [0.2, 0.25) is 15.0 Å². The Balaban J connectivity index is 3.28. The molecule has 0 aliphatic rings. The van der Waals surface area contributed by atoms with Crippen LogP contribution in [0, 0.1) is 6.92 Å². The molecule has 0 aliphatic heterocycles. The highest BCUT2D eigenvalue weighted by molar-refractivity contribution is 7.90. The Hall–Kier alpha value is -0.970. The van der Waals surface area contributed by atoms with Crippen molar-refractivity contribution in [2.45, 2.75) is 12.1 Å². The first-order valence-electron chi connectivity index (χ1n) is 3.00. The Labute approximate surface area is 65.2 Å². The van der Waals surface area contributed by atoms with Gasteiger partial charge in [-0.25, -0.2) is 18.4 Å². The molecule has 11 heavy (non-hydrogen) atoms. The van der Waals surface area contributed by atoms with Crippen molar-refractivity contribution in [3.8, 4) is 0 Å². The molecule has 0 spiro atoms. The van der Waals surface area contributed by atoms with Crippen molar-refractivity contribution >= 4 is 9.84 Å². The largest absolute Gasteiger partial charge is 0.246 e. The first kappa shape index (κ1) is 8.13. The van der Waals surface area contributed by atoms with Gasteiger partial charge in [-0.1, -0.05) is 0 Å². The Morgan fingerprint density at radius 3 is 2.45 bits per heavy atom. The normalized spacial score (nSPS) is 11.5. The predicted molar refractivity (Wildman–Crippen MR) is 39.9 cm³/mol. The molecule has 0 amide bonds. The minimum absolute atomic E-state index is 0.113. The molecule has 0 aromatic carbocycles. The van der Waals surface area contributed by atoms with E-state index in [0.717, 1.165) is 6.26 Å². The smallest absolute Gasteiger partial charge is 0.227 e. The van der Waals surface area contributed by atoms with E-state index in [2.05, 4.69) is 9.97 Å². The van der Waals surface area contributed by atoms with Crippen LogP contribution in [-0.4, -0.2) is 24.6 Å². The minimum atomic E-state index is -3.25. The highest BCUT2D eigenvalue weighted by Crippen LogP contribution is 2.00. The van der Waals surface area contributed by atoms with E-state index in [1.807, 2.05) is 0 Å². The summed E-state index contributed by atoms with van der Waals surface area (Å²) in [5.74, 6) is 0. The maximum atomic E-state index is 10.9. The Morgan fingerprint density at radius 1 is 1.45 bits per heavy atom. The van der Waals surface area contributed by atoms with Crippen molar-refractivity contribution in [3.05, 3.63) is 18.0 Å². The lowest BCUT2D eigenvalue weighted by molar-refractivity contribution is 0.592. The van der Waals surface area contributed by atoms with Gasteiger partial charge in [-0.2, -0.15) is 0 Å². The molecule has 60 valence electrons. The van der Waals surface area contributed by atoms with Gasteiger partial charge in [-0.15, -0.1) is 0 Å². The average molecular weight is 172 g/mol. The zero-order valence-corrected chi connectivity index (χ0v) is 7.09. The van der Waals surface area contributed by atoms with Crippen molar-refractivity contribution in [1.82, 2.24) is 9.97 Å². The fourth-order valence-corrected chi connectivity index (χ4v) is 1.17. The fourth-order valence-electron chi connectivity index (χ4n) is 0.605. The number of aryl methyl sites for hydroxylation is 1. The van der Waals surface area contributed by atoms with Crippen LogP contribution in [0.3, 0.4) is 0 Å². The van der Waals surface area contributed by atoms with E-state index in [4.69, 9.17) is 0 Å². The molecular weight excluding hydrogens is 164 g/mol. The summed E-state index contributed by atoms with van der Waals surface area (Å²) >= 11 is 0. The third-order valence-electron chi connectivity index (χ3n) is 1.10. The van der Waals surface area contributed by atoms with Gasteiger partial charge in [0.15, 0.2) is 0 Å². The molecule has 1 rings (SSSR count). The van der Waals surface area contributed by atoms with Crippen LogP contribution in [0.15, 0.2) is 17.4 Å². The molecular formula is C6H8N2O2S. The number of nitrogens with zero attached hydrogens (tertiary/aromatic N) is 2. The Morgan fingerprint density at radius 2 is 2.09 bits per heavy atom. The van der Waals surface area contributed by atoms with Gasteiger partial charge in [-0.05, 0) is 13.0 Å². The maximum Gasteiger partial charge on any atom is 0.246 e. The van der Waals surface area contributed by atoms with E-state index < -0.39 is 9.84 Å². The van der Waals surface area contributed by atoms with Crippen LogP contribution in [0.5, 0.6) is 0 Å². The molecule has 0 unspecified atom stereocenters. The lowest BCUT2D eigenvalue weighted by Gasteiger charge is -1.95. The summed E-state index contributed by atoms with van der Waals surface area (Å²) in [6.07, 6.45) is 2.51. The maximum absolute atomic E-state index is 10.9. The van der Waals surface area contributed by atoms with Crippen LogP contribution in [0.4, 0.5) is 0 Å². The Bertz CT molecular complexity index is 359. The van der Waals surface area contributed by atoms with Gasteiger partial charge in [0.05, 0.1) is 0 Å². The van der Waals surface area contributed by atoms with Gasteiger partial charge in [-0.3, -0.25) is 0 Å². The second kappa shape index (κ2) is 2.58. The molecule has 0 bridgehead atoms. The summed E-state index contributed by atoms with van der Waals surface area (Å²) < 4.78 is 21.7. The molecule has 0 radical (unpaired) electrons. The molecule has 0 aliphatic carbocycles. The molecule has 0 saturated carbocycles. The van der Waals surface area contributed by atoms with E-state index in [-0.39, 0.29) is 5.16 Å². The van der Waals surface area contributed by atoms with Gasteiger partial charge < -0.3 is 0 Å². The van der Waals surface area contributed by atoms with Crippen LogP contribution in [-0.2, 0) is 9.84 Å². The summed E-state index contributed by atoms with van der Waals surface area (Å²) in [5, 5.41) is -0.113. The molecule has 0 N–H and O–H groups in total. The summed E-state index contributed by atoms with van der Waals surface area (Å²) in [4.78, 5) is 7.36. The Kier molecular flexibility index (Phi) is 1.90. The van der Waals surface area contributed by atoms with Gasteiger partial charge in [0, 0.05) is 18.1 Å². The summed E-state index contributed by atoms with van der Waals surface area (Å²) in [5.41, 5.74) is 0.653. The lowest BCUT2D eigenvalue weighted by Crippen LogP contribution is -2.03. The quantitative estimate of drug-likeness (QED) is 0.567. The van der Waals surface area contributed by atoms with E-state index in [1.165, 1.54) is 6.20 Å². The fraction of sp³-hybridized carbons (Fsp3) is 0.333. The summed E-state index contributed by atoms with van der Waals surface area (Å²) in [7, 11) is -3.25. The highest BCUT2D eigenvalue weighted by Gasteiger charge is 2.09. The van der Waals surface area contributed by atoms with Crippen molar-refractivity contribution in [1.29, 1.82) is 0 Å². The third-order valence-corrected chi connectivity index (χ3v) is 1.96. The molecule has 1 aromatic rings. The van der Waals surface area contributed by atoms with Crippen molar-refractivity contribution in [2.24, 2.45) is 0 Å². The minimum Gasteiger partial charge on any atom is -0.227 e. The van der Waals surface area contributed by atoms with Crippen molar-refractivity contribution in [3.63, 3.8) is 0 Å². The van der Waals surface area contributed by atoms with E-state index >= 15 is 0 Å². The zero-order valence-electron chi connectivity index (χ0n) is 6.27. The molecule has 4 nitrogen and oxygen atoms in total. The van der Waals surface area contributed by atoms with Gasteiger partial charge in [0.1, 0.15) is 0 Å². The average Bonchev–Trinajstić information content (AvgIpc) is 1.86. The second-order valence-electron chi connectivity index (χ2n) is 2.25. The van der Waals surface area contributed by atoms with E-state index in [0.29, 0.717) is 5.69 Å². The molecule has 1 aromatic heterocycles. The van der Waals surface area contributed by atoms with Gasteiger partial charge >= 0.3 is 0 Å². The SMILES string of the molecule is Cc1ccnc(S(C)(=O)=O)n1. The monoisotopic (exact) mass is 172 g/mol. The van der Waals surface area contributed by atoms with Crippen LogP contribution < -0.4 is 0 Å². The summed E-state index contributed by atoms with van der Waals surface area (Å²) in [6.45, 7) is 1.72. The second-order valence-corrected chi connectivity index (χ2v) is 4.16. The van der Waals surface area contributed by atoms with Crippen LogP contribution in [0.2, 0.25) is 0 Å². The number of hydrogen-bond acceptors (Lipinski definition) is 4. The number of aromatic nitrogens is 2. The third kappa shape index (κ3) is 1.98. The van der Waals surface area contributed by atoms with Crippen molar-refractivity contribution in [2.75, 3.05) is 6.26 Å². The molecule has 5 heteroatoms. The number of hydrogen-bond donors (Lipinski definition) is 0. The van der Waals surface area contributed by atoms with Crippen LogP contribution in [0.25, 0.3) is 0 Å². The van der Waals surface area contributed by atoms with Crippen molar-refractivity contribution < 1.29 is 8.42 Å². The zero-order chi connectivity index (χ0) is 8.48. The van der Waals surface area contributed by atoms with E-state index in [9.17, 15) is 8.42 Å². The number of sulfone groups is 1. The summed E-state index contributed by atoms with van der Waals surface area (Å²) in [6, 6.07) is 1.65.